The molecule has 0 N–H and O–H groups in total. The molecule has 15 heavy (non-hydrogen) atoms. The number of hydrogen-bond acceptors (Lipinski definition) is 2. The maximum absolute atomic E-state index is 11.9. The van der Waals surface area contributed by atoms with Gasteiger partial charge in [0.2, 0.25) is 5.91 Å². The van der Waals surface area contributed by atoms with Gasteiger partial charge in [-0.2, -0.15) is 0 Å². The van der Waals surface area contributed by atoms with E-state index < -0.39 is 0 Å². The molecule has 0 unspecified atom stereocenters. The average molecular weight is 223 g/mol. The van der Waals surface area contributed by atoms with E-state index in [1.165, 1.54) is 0 Å². The van der Waals surface area contributed by atoms with Gasteiger partial charge in [0.1, 0.15) is 0 Å². The van der Waals surface area contributed by atoms with E-state index in [9.17, 15) is 4.79 Å². The highest BCUT2D eigenvalue weighted by Crippen LogP contribution is 2.11. The summed E-state index contributed by atoms with van der Waals surface area (Å²) in [5, 5.41) is 2.00. The van der Waals surface area contributed by atoms with Crippen molar-refractivity contribution in [1.29, 1.82) is 0 Å². The van der Waals surface area contributed by atoms with Crippen LogP contribution in [0.3, 0.4) is 0 Å². The molecule has 1 heterocycles. The van der Waals surface area contributed by atoms with Crippen LogP contribution < -0.4 is 0 Å². The largest absolute Gasteiger partial charge is 0.339 e. The minimum atomic E-state index is 0.183. The van der Waals surface area contributed by atoms with Crippen molar-refractivity contribution in [2.24, 2.45) is 0 Å². The van der Waals surface area contributed by atoms with E-state index in [2.05, 4.69) is 6.58 Å². The van der Waals surface area contributed by atoms with Crippen molar-refractivity contribution in [1.82, 2.24) is 4.90 Å². The fourth-order valence-corrected chi connectivity index (χ4v) is 2.07. The summed E-state index contributed by atoms with van der Waals surface area (Å²) in [6.45, 7) is 9.19. The molecule has 3 heteroatoms. The fourth-order valence-electron chi connectivity index (χ4n) is 1.38. The van der Waals surface area contributed by atoms with Gasteiger partial charge in [-0.3, -0.25) is 4.79 Å². The van der Waals surface area contributed by atoms with Gasteiger partial charge in [-0.15, -0.1) is 11.3 Å². The van der Waals surface area contributed by atoms with E-state index in [1.54, 1.807) is 11.3 Å². The Kier molecular flexibility index (Phi) is 4.56. The van der Waals surface area contributed by atoms with Crippen LogP contribution in [0.4, 0.5) is 0 Å². The minimum absolute atomic E-state index is 0.183. The molecule has 0 bridgehead atoms. The molecule has 0 aliphatic carbocycles. The number of nitrogens with zero attached hydrogens (tertiary/aromatic N) is 1. The lowest BCUT2D eigenvalue weighted by atomic mass is 10.2. The molecule has 1 rings (SSSR count). The lowest BCUT2D eigenvalue weighted by Crippen LogP contribution is -2.33. The first kappa shape index (κ1) is 12.0. The molecule has 82 valence electrons. The summed E-state index contributed by atoms with van der Waals surface area (Å²) in [5.74, 6) is 0.183. The summed E-state index contributed by atoms with van der Waals surface area (Å²) >= 11 is 1.63. The molecule has 0 saturated heterocycles. The zero-order valence-electron chi connectivity index (χ0n) is 9.32. The van der Waals surface area contributed by atoms with Crippen molar-refractivity contribution >= 4 is 17.2 Å². The van der Waals surface area contributed by atoms with Crippen molar-refractivity contribution in [3.8, 4) is 0 Å². The van der Waals surface area contributed by atoms with Crippen molar-refractivity contribution in [2.45, 2.75) is 20.3 Å². The smallest absolute Gasteiger partial charge is 0.228 e. The van der Waals surface area contributed by atoms with Crippen LogP contribution in [0.25, 0.3) is 0 Å². The first-order valence-electron chi connectivity index (χ1n) is 5.08. The van der Waals surface area contributed by atoms with Crippen LogP contribution in [-0.4, -0.2) is 23.9 Å². The van der Waals surface area contributed by atoms with Gasteiger partial charge < -0.3 is 4.90 Å². The predicted molar refractivity (Wildman–Crippen MR) is 65.1 cm³/mol. The van der Waals surface area contributed by atoms with Crippen LogP contribution in [-0.2, 0) is 11.2 Å². The van der Waals surface area contributed by atoms with Crippen LogP contribution in [0.15, 0.2) is 29.7 Å². The molecule has 0 spiro atoms. The van der Waals surface area contributed by atoms with Crippen LogP contribution in [0.5, 0.6) is 0 Å². The number of carbonyl (C=O) groups excluding carboxylic acids is 1. The highest BCUT2D eigenvalue weighted by Gasteiger charge is 2.12. The average Bonchev–Trinajstić information content (AvgIpc) is 2.66. The number of likely N-dealkylation sites (N-methyl/N-ethyl adjacent to an activating group) is 1. The highest BCUT2D eigenvalue weighted by molar-refractivity contribution is 7.10. The second kappa shape index (κ2) is 5.71. The first-order valence-corrected chi connectivity index (χ1v) is 5.96. The van der Waals surface area contributed by atoms with Gasteiger partial charge in [0.05, 0.1) is 6.42 Å². The van der Waals surface area contributed by atoms with Gasteiger partial charge in [0.15, 0.2) is 0 Å². The van der Waals surface area contributed by atoms with E-state index in [0.717, 1.165) is 17.0 Å². The lowest BCUT2D eigenvalue weighted by molar-refractivity contribution is -0.129. The fraction of sp³-hybridized carbons (Fsp3) is 0.417. The molecule has 1 amide bonds. The van der Waals surface area contributed by atoms with Crippen LogP contribution in [0, 0.1) is 0 Å². The molecular weight excluding hydrogens is 206 g/mol. The van der Waals surface area contributed by atoms with Crippen LogP contribution >= 0.6 is 11.3 Å². The topological polar surface area (TPSA) is 20.3 Å². The van der Waals surface area contributed by atoms with Gasteiger partial charge in [-0.25, -0.2) is 0 Å². The molecule has 1 aromatic heterocycles. The third-order valence-corrected chi connectivity index (χ3v) is 2.98. The van der Waals surface area contributed by atoms with Crippen molar-refractivity contribution in [3.05, 3.63) is 34.5 Å². The van der Waals surface area contributed by atoms with Crippen molar-refractivity contribution in [2.75, 3.05) is 13.1 Å². The van der Waals surface area contributed by atoms with E-state index in [4.69, 9.17) is 0 Å². The Morgan fingerprint density at radius 3 is 2.80 bits per heavy atom. The zero-order valence-corrected chi connectivity index (χ0v) is 10.1. The Hall–Kier alpha value is -1.09. The molecule has 0 aliphatic heterocycles. The summed E-state index contributed by atoms with van der Waals surface area (Å²) in [6.07, 6.45) is 0.513. The van der Waals surface area contributed by atoms with Gasteiger partial charge in [-0.1, -0.05) is 18.2 Å². The van der Waals surface area contributed by atoms with Crippen molar-refractivity contribution in [3.63, 3.8) is 0 Å². The Morgan fingerprint density at radius 2 is 2.33 bits per heavy atom. The Labute approximate surface area is 95.2 Å². The van der Waals surface area contributed by atoms with E-state index in [1.807, 2.05) is 36.3 Å². The standard InChI is InChI=1S/C12H17NOS/c1-4-13(9-10(2)3)12(14)8-11-6-5-7-15-11/h5-7H,2,4,8-9H2,1,3H3. The normalized spacial score (nSPS) is 10.0. The molecule has 0 radical (unpaired) electrons. The van der Waals surface area contributed by atoms with Crippen molar-refractivity contribution < 1.29 is 4.79 Å². The maximum Gasteiger partial charge on any atom is 0.228 e. The highest BCUT2D eigenvalue weighted by atomic mass is 32.1. The zero-order chi connectivity index (χ0) is 11.3. The SMILES string of the molecule is C=C(C)CN(CC)C(=O)Cc1cccs1. The van der Waals surface area contributed by atoms with Crippen LogP contribution in [0.1, 0.15) is 18.7 Å². The molecular formula is C12H17NOS. The maximum atomic E-state index is 11.9. The molecule has 0 saturated carbocycles. The summed E-state index contributed by atoms with van der Waals surface area (Å²) in [7, 11) is 0. The van der Waals surface area contributed by atoms with Gasteiger partial charge >= 0.3 is 0 Å². The Bertz CT molecular complexity index is 329. The molecule has 0 fully saturated rings. The number of amides is 1. The number of carbonyl (C=O) groups is 1. The summed E-state index contributed by atoms with van der Waals surface area (Å²) in [5.41, 5.74) is 1.02. The van der Waals surface area contributed by atoms with E-state index >= 15 is 0 Å². The summed E-state index contributed by atoms with van der Waals surface area (Å²) in [4.78, 5) is 14.8. The second-order valence-electron chi connectivity index (χ2n) is 3.62. The monoisotopic (exact) mass is 223 g/mol. The summed E-state index contributed by atoms with van der Waals surface area (Å²) in [6, 6.07) is 3.97. The second-order valence-corrected chi connectivity index (χ2v) is 4.65. The first-order chi connectivity index (χ1) is 7.13. The molecule has 1 aromatic rings. The molecule has 2 nitrogen and oxygen atoms in total. The van der Waals surface area contributed by atoms with Gasteiger partial charge in [0.25, 0.3) is 0 Å². The number of thiophene rings is 1. The molecule has 0 aliphatic rings. The van der Waals surface area contributed by atoms with E-state index in [-0.39, 0.29) is 5.91 Å². The lowest BCUT2D eigenvalue weighted by Gasteiger charge is -2.20. The number of hydrogen-bond donors (Lipinski definition) is 0. The molecule has 0 aromatic carbocycles. The van der Waals surface area contributed by atoms with Gasteiger partial charge in [-0.05, 0) is 25.3 Å². The molecule has 0 atom stereocenters. The third kappa shape index (κ3) is 3.88. The third-order valence-electron chi connectivity index (χ3n) is 2.10. The van der Waals surface area contributed by atoms with E-state index in [0.29, 0.717) is 13.0 Å². The quantitative estimate of drug-likeness (QED) is 0.703. The predicted octanol–water partition coefficient (Wildman–Crippen LogP) is 2.72. The Morgan fingerprint density at radius 1 is 1.60 bits per heavy atom. The minimum Gasteiger partial charge on any atom is -0.339 e. The number of rotatable bonds is 5. The van der Waals surface area contributed by atoms with Crippen LogP contribution in [0.2, 0.25) is 0 Å². The summed E-state index contributed by atoms with van der Waals surface area (Å²) < 4.78 is 0. The van der Waals surface area contributed by atoms with Gasteiger partial charge in [0, 0.05) is 18.0 Å². The Balaban J connectivity index is 2.54.